The summed E-state index contributed by atoms with van der Waals surface area (Å²) in [6, 6.07) is 0. The Bertz CT molecular complexity index is 344. The van der Waals surface area contributed by atoms with E-state index in [1.54, 1.807) is 7.11 Å². The molecule has 1 unspecified atom stereocenters. The third-order valence-corrected chi connectivity index (χ3v) is 3.15. The molecule has 0 amide bonds. The second-order valence-corrected chi connectivity index (χ2v) is 4.34. The first-order valence-electron chi connectivity index (χ1n) is 5.45. The lowest BCUT2D eigenvalue weighted by Crippen LogP contribution is -2.40. The molecule has 15 heavy (non-hydrogen) atoms. The van der Waals surface area contributed by atoms with Gasteiger partial charge in [0, 0.05) is 20.2 Å². The minimum atomic E-state index is 0.0375. The van der Waals surface area contributed by atoms with Crippen molar-refractivity contribution >= 4 is 0 Å². The van der Waals surface area contributed by atoms with E-state index in [2.05, 4.69) is 15.5 Å². The number of nitrogens with zero attached hydrogens (tertiary/aromatic N) is 2. The number of hydrogen-bond donors (Lipinski definition) is 1. The lowest BCUT2D eigenvalue weighted by Gasteiger charge is -2.22. The molecule has 1 atom stereocenters. The molecular weight excluding hydrogens is 194 g/mol. The van der Waals surface area contributed by atoms with Gasteiger partial charge in [-0.15, -0.1) is 0 Å². The standard InChI is InChI=1S/C10H15N3O2/c1-14-8(6-2-3-6)9-12-10(15-13-9)7-4-11-5-7/h6-8,11H,2-5H2,1H3. The van der Waals surface area contributed by atoms with Gasteiger partial charge in [0.15, 0.2) is 0 Å². The number of methoxy groups -OCH3 is 1. The zero-order valence-electron chi connectivity index (χ0n) is 8.77. The van der Waals surface area contributed by atoms with Gasteiger partial charge in [0.1, 0.15) is 6.10 Å². The van der Waals surface area contributed by atoms with Gasteiger partial charge in [-0.3, -0.25) is 0 Å². The van der Waals surface area contributed by atoms with E-state index in [0.717, 1.165) is 24.8 Å². The van der Waals surface area contributed by atoms with Crippen molar-refractivity contribution in [1.82, 2.24) is 15.5 Å². The largest absolute Gasteiger partial charge is 0.373 e. The van der Waals surface area contributed by atoms with E-state index in [-0.39, 0.29) is 6.10 Å². The normalized spacial score (nSPS) is 23.8. The summed E-state index contributed by atoms with van der Waals surface area (Å²) >= 11 is 0. The molecule has 5 heteroatoms. The van der Waals surface area contributed by atoms with Crippen molar-refractivity contribution < 1.29 is 9.26 Å². The highest BCUT2D eigenvalue weighted by Crippen LogP contribution is 2.42. The quantitative estimate of drug-likeness (QED) is 0.796. The summed E-state index contributed by atoms with van der Waals surface area (Å²) in [5.74, 6) is 2.48. The summed E-state index contributed by atoms with van der Waals surface area (Å²) in [7, 11) is 1.71. The summed E-state index contributed by atoms with van der Waals surface area (Å²) in [4.78, 5) is 4.42. The topological polar surface area (TPSA) is 60.2 Å². The predicted octanol–water partition coefficient (Wildman–Crippen LogP) is 0.854. The molecule has 0 bridgehead atoms. The molecule has 2 heterocycles. The fourth-order valence-electron chi connectivity index (χ4n) is 1.90. The molecule has 0 spiro atoms. The molecule has 2 aliphatic rings. The highest BCUT2D eigenvalue weighted by molar-refractivity contribution is 5.04. The molecule has 82 valence electrons. The maximum Gasteiger partial charge on any atom is 0.232 e. The maximum absolute atomic E-state index is 5.40. The van der Waals surface area contributed by atoms with Crippen LogP contribution in [0, 0.1) is 5.92 Å². The molecule has 0 radical (unpaired) electrons. The molecule has 1 N–H and O–H groups in total. The molecule has 1 saturated carbocycles. The molecule has 3 rings (SSSR count). The first-order chi connectivity index (χ1) is 7.38. The van der Waals surface area contributed by atoms with Crippen LogP contribution >= 0.6 is 0 Å². The van der Waals surface area contributed by atoms with E-state index in [4.69, 9.17) is 9.26 Å². The van der Waals surface area contributed by atoms with E-state index in [9.17, 15) is 0 Å². The number of hydrogen-bond acceptors (Lipinski definition) is 5. The number of aromatic nitrogens is 2. The lowest BCUT2D eigenvalue weighted by molar-refractivity contribution is 0.0751. The van der Waals surface area contributed by atoms with Crippen molar-refractivity contribution in [3.05, 3.63) is 11.7 Å². The van der Waals surface area contributed by atoms with Crippen LogP contribution in [0.3, 0.4) is 0 Å². The summed E-state index contributed by atoms with van der Waals surface area (Å²) in [6.07, 6.45) is 2.47. The van der Waals surface area contributed by atoms with Crippen LogP contribution in [0.5, 0.6) is 0 Å². The molecule has 0 aromatic carbocycles. The Kier molecular flexibility index (Phi) is 2.21. The maximum atomic E-state index is 5.40. The molecule has 1 aromatic heterocycles. The van der Waals surface area contributed by atoms with Crippen LogP contribution in [0.25, 0.3) is 0 Å². The number of nitrogens with one attached hydrogen (secondary N) is 1. The van der Waals surface area contributed by atoms with Gasteiger partial charge >= 0.3 is 0 Å². The minimum Gasteiger partial charge on any atom is -0.373 e. The highest BCUT2D eigenvalue weighted by Gasteiger charge is 2.36. The minimum absolute atomic E-state index is 0.0375. The fraction of sp³-hybridized carbons (Fsp3) is 0.800. The average molecular weight is 209 g/mol. The van der Waals surface area contributed by atoms with Gasteiger partial charge in [0.25, 0.3) is 0 Å². The van der Waals surface area contributed by atoms with Gasteiger partial charge in [-0.1, -0.05) is 5.16 Å². The van der Waals surface area contributed by atoms with Crippen molar-refractivity contribution in [3.8, 4) is 0 Å². The van der Waals surface area contributed by atoms with Gasteiger partial charge in [-0.2, -0.15) is 4.98 Å². The van der Waals surface area contributed by atoms with E-state index in [0.29, 0.717) is 11.8 Å². The van der Waals surface area contributed by atoms with Crippen LogP contribution in [0.15, 0.2) is 4.52 Å². The molecule has 1 aliphatic carbocycles. The molecule has 1 aliphatic heterocycles. The Labute approximate surface area is 88.2 Å². The van der Waals surface area contributed by atoms with Crippen molar-refractivity contribution in [1.29, 1.82) is 0 Å². The van der Waals surface area contributed by atoms with Gasteiger partial charge in [-0.05, 0) is 18.8 Å². The summed E-state index contributed by atoms with van der Waals surface area (Å²) in [6.45, 7) is 1.89. The van der Waals surface area contributed by atoms with Crippen LogP contribution in [0.1, 0.15) is 36.6 Å². The summed E-state index contributed by atoms with van der Waals surface area (Å²) in [5, 5.41) is 7.20. The number of ether oxygens (including phenoxy) is 1. The highest BCUT2D eigenvalue weighted by atomic mass is 16.5. The van der Waals surface area contributed by atoms with Crippen molar-refractivity contribution in [2.24, 2.45) is 5.92 Å². The molecular formula is C10H15N3O2. The predicted molar refractivity (Wildman–Crippen MR) is 52.4 cm³/mol. The monoisotopic (exact) mass is 209 g/mol. The number of rotatable bonds is 4. The molecule has 1 aromatic rings. The van der Waals surface area contributed by atoms with Gasteiger partial charge in [0.2, 0.25) is 11.7 Å². The third-order valence-electron chi connectivity index (χ3n) is 3.15. The van der Waals surface area contributed by atoms with Crippen LogP contribution in [0.4, 0.5) is 0 Å². The van der Waals surface area contributed by atoms with Crippen molar-refractivity contribution in [2.75, 3.05) is 20.2 Å². The second-order valence-electron chi connectivity index (χ2n) is 4.34. The third kappa shape index (κ3) is 1.66. The van der Waals surface area contributed by atoms with Gasteiger partial charge < -0.3 is 14.6 Å². The second kappa shape index (κ2) is 3.57. The zero-order valence-corrected chi connectivity index (χ0v) is 8.77. The van der Waals surface area contributed by atoms with Crippen LogP contribution in [-0.2, 0) is 4.74 Å². The lowest BCUT2D eigenvalue weighted by atomic mass is 10.0. The fourth-order valence-corrected chi connectivity index (χ4v) is 1.90. The Morgan fingerprint density at radius 1 is 1.47 bits per heavy atom. The Balaban J connectivity index is 1.75. The average Bonchev–Trinajstić information content (AvgIpc) is 2.86. The zero-order chi connectivity index (χ0) is 10.3. The molecule has 1 saturated heterocycles. The first-order valence-corrected chi connectivity index (χ1v) is 5.45. The van der Waals surface area contributed by atoms with Gasteiger partial charge in [-0.25, -0.2) is 0 Å². The first kappa shape index (κ1) is 9.30. The molecule has 5 nitrogen and oxygen atoms in total. The summed E-state index contributed by atoms with van der Waals surface area (Å²) < 4.78 is 10.7. The van der Waals surface area contributed by atoms with E-state index in [1.807, 2.05) is 0 Å². The van der Waals surface area contributed by atoms with Crippen LogP contribution in [-0.4, -0.2) is 30.3 Å². The Morgan fingerprint density at radius 3 is 2.80 bits per heavy atom. The van der Waals surface area contributed by atoms with Crippen LogP contribution < -0.4 is 5.32 Å². The summed E-state index contributed by atoms with van der Waals surface area (Å²) in [5.41, 5.74) is 0. The van der Waals surface area contributed by atoms with Crippen molar-refractivity contribution in [3.63, 3.8) is 0 Å². The van der Waals surface area contributed by atoms with Crippen molar-refractivity contribution in [2.45, 2.75) is 24.9 Å². The van der Waals surface area contributed by atoms with E-state index < -0.39 is 0 Å². The van der Waals surface area contributed by atoms with E-state index >= 15 is 0 Å². The van der Waals surface area contributed by atoms with E-state index in [1.165, 1.54) is 12.8 Å². The van der Waals surface area contributed by atoms with Gasteiger partial charge in [0.05, 0.1) is 5.92 Å². The SMILES string of the molecule is COC(c1noc(C2CNC2)n1)C1CC1. The van der Waals surface area contributed by atoms with Crippen LogP contribution in [0.2, 0.25) is 0 Å². The molecule has 2 fully saturated rings. The Morgan fingerprint density at radius 2 is 2.27 bits per heavy atom. The Hall–Kier alpha value is -0.940. The smallest absolute Gasteiger partial charge is 0.232 e.